The molecule has 0 aliphatic carbocycles. The number of carbonyl (C=O) groups excluding carboxylic acids is 1. The first kappa shape index (κ1) is 24.0. The lowest BCUT2D eigenvalue weighted by molar-refractivity contribution is -0.128. The van der Waals surface area contributed by atoms with Crippen LogP contribution in [0.3, 0.4) is 0 Å². The first-order valence-electron chi connectivity index (χ1n) is 11.6. The Labute approximate surface area is 203 Å². The zero-order chi connectivity index (χ0) is 23.4. The van der Waals surface area contributed by atoms with Gasteiger partial charge in [0, 0.05) is 24.6 Å². The fourth-order valence-corrected chi connectivity index (χ4v) is 6.38. The Morgan fingerprint density at radius 2 is 2.09 bits per heavy atom. The fourth-order valence-electron chi connectivity index (χ4n) is 4.32. The summed E-state index contributed by atoms with van der Waals surface area (Å²) in [6.07, 6.45) is 2.78. The van der Waals surface area contributed by atoms with Gasteiger partial charge >= 0.3 is 0 Å². The SMILES string of the molecule is CCc1c(C)sc2nc(SCC(=O)N(CC)Cc3ccccc3)n(CC3CCCO3)c(=O)c12. The lowest BCUT2D eigenvalue weighted by atomic mass is 10.1. The average molecular weight is 486 g/mol. The van der Waals surface area contributed by atoms with E-state index in [1.54, 1.807) is 15.9 Å². The van der Waals surface area contributed by atoms with Crippen LogP contribution in [-0.4, -0.2) is 45.4 Å². The topological polar surface area (TPSA) is 64.4 Å². The molecule has 6 nitrogen and oxygen atoms in total. The number of hydrogen-bond acceptors (Lipinski definition) is 6. The minimum Gasteiger partial charge on any atom is -0.376 e. The number of nitrogens with zero attached hydrogens (tertiary/aromatic N) is 3. The van der Waals surface area contributed by atoms with E-state index < -0.39 is 0 Å². The quantitative estimate of drug-likeness (QED) is 0.326. The van der Waals surface area contributed by atoms with Crippen LogP contribution in [0.4, 0.5) is 0 Å². The van der Waals surface area contributed by atoms with E-state index in [9.17, 15) is 9.59 Å². The van der Waals surface area contributed by atoms with E-state index in [4.69, 9.17) is 9.72 Å². The van der Waals surface area contributed by atoms with Crippen molar-refractivity contribution in [1.29, 1.82) is 0 Å². The second-order valence-electron chi connectivity index (χ2n) is 8.30. The predicted molar refractivity (Wildman–Crippen MR) is 135 cm³/mol. The smallest absolute Gasteiger partial charge is 0.263 e. The number of aryl methyl sites for hydroxylation is 2. The van der Waals surface area contributed by atoms with Crippen molar-refractivity contribution in [2.75, 3.05) is 18.9 Å². The fraction of sp³-hybridized carbons (Fsp3) is 0.480. The van der Waals surface area contributed by atoms with Gasteiger partial charge in [-0.15, -0.1) is 11.3 Å². The summed E-state index contributed by atoms with van der Waals surface area (Å²) in [6, 6.07) is 10.0. The molecular formula is C25H31N3O3S2. The van der Waals surface area contributed by atoms with Crippen molar-refractivity contribution < 1.29 is 9.53 Å². The van der Waals surface area contributed by atoms with Gasteiger partial charge in [-0.2, -0.15) is 0 Å². The minimum absolute atomic E-state index is 0.0108. The van der Waals surface area contributed by atoms with Gasteiger partial charge < -0.3 is 9.64 Å². The second kappa shape index (κ2) is 10.8. The van der Waals surface area contributed by atoms with E-state index in [-0.39, 0.29) is 23.3 Å². The van der Waals surface area contributed by atoms with Crippen LogP contribution in [0.5, 0.6) is 0 Å². The molecule has 0 bridgehead atoms. The Morgan fingerprint density at radius 3 is 2.76 bits per heavy atom. The number of ether oxygens (including phenoxy) is 1. The monoisotopic (exact) mass is 485 g/mol. The molecule has 8 heteroatoms. The molecule has 1 aromatic carbocycles. The van der Waals surface area contributed by atoms with Crippen molar-refractivity contribution in [3.8, 4) is 0 Å². The molecule has 33 heavy (non-hydrogen) atoms. The highest BCUT2D eigenvalue weighted by atomic mass is 32.2. The summed E-state index contributed by atoms with van der Waals surface area (Å²) in [5.74, 6) is 0.288. The maximum absolute atomic E-state index is 13.6. The first-order valence-corrected chi connectivity index (χ1v) is 13.4. The van der Waals surface area contributed by atoms with Gasteiger partial charge in [-0.1, -0.05) is 49.0 Å². The lowest BCUT2D eigenvalue weighted by Gasteiger charge is -2.21. The van der Waals surface area contributed by atoms with Gasteiger partial charge in [0.05, 0.1) is 23.8 Å². The number of fused-ring (bicyclic) bond motifs is 1. The first-order chi connectivity index (χ1) is 16.0. The molecule has 2 aromatic heterocycles. The third kappa shape index (κ3) is 5.34. The minimum atomic E-state index is -0.0108. The number of hydrogen-bond donors (Lipinski definition) is 0. The maximum Gasteiger partial charge on any atom is 0.263 e. The Morgan fingerprint density at radius 1 is 1.30 bits per heavy atom. The molecule has 0 N–H and O–H groups in total. The Bertz CT molecular complexity index is 1170. The largest absolute Gasteiger partial charge is 0.376 e. The molecule has 0 spiro atoms. The van der Waals surface area contributed by atoms with E-state index >= 15 is 0 Å². The average Bonchev–Trinajstić information content (AvgIpc) is 3.45. The molecule has 4 rings (SSSR count). The normalized spacial score (nSPS) is 15.9. The number of amides is 1. The van der Waals surface area contributed by atoms with Crippen LogP contribution < -0.4 is 5.56 Å². The van der Waals surface area contributed by atoms with Crippen LogP contribution in [0, 0.1) is 6.92 Å². The highest BCUT2D eigenvalue weighted by molar-refractivity contribution is 7.99. The summed E-state index contributed by atoms with van der Waals surface area (Å²) in [4.78, 5) is 35.2. The Kier molecular flexibility index (Phi) is 7.88. The van der Waals surface area contributed by atoms with Gasteiger partial charge in [0.1, 0.15) is 4.83 Å². The number of thiophene rings is 1. The number of thioether (sulfide) groups is 1. The van der Waals surface area contributed by atoms with Crippen LogP contribution in [0.15, 0.2) is 40.3 Å². The summed E-state index contributed by atoms with van der Waals surface area (Å²) in [7, 11) is 0. The van der Waals surface area contributed by atoms with Crippen LogP contribution in [-0.2, 0) is 29.0 Å². The summed E-state index contributed by atoms with van der Waals surface area (Å²) >= 11 is 2.92. The Balaban J connectivity index is 1.60. The van der Waals surface area contributed by atoms with Crippen molar-refractivity contribution in [1.82, 2.24) is 14.5 Å². The number of rotatable bonds is 9. The van der Waals surface area contributed by atoms with Gasteiger partial charge in [0.15, 0.2) is 5.16 Å². The molecule has 176 valence electrons. The van der Waals surface area contributed by atoms with Crippen molar-refractivity contribution >= 4 is 39.2 Å². The summed E-state index contributed by atoms with van der Waals surface area (Å²) < 4.78 is 7.56. The van der Waals surface area contributed by atoms with Crippen LogP contribution in [0.25, 0.3) is 10.2 Å². The summed E-state index contributed by atoms with van der Waals surface area (Å²) in [5.41, 5.74) is 2.18. The van der Waals surface area contributed by atoms with E-state index in [2.05, 4.69) is 6.92 Å². The third-order valence-corrected chi connectivity index (χ3v) is 8.12. The lowest BCUT2D eigenvalue weighted by Crippen LogP contribution is -2.32. The van der Waals surface area contributed by atoms with Crippen molar-refractivity contribution in [3.05, 3.63) is 56.7 Å². The van der Waals surface area contributed by atoms with Crippen molar-refractivity contribution in [2.45, 2.75) is 64.4 Å². The van der Waals surface area contributed by atoms with E-state index in [1.165, 1.54) is 11.8 Å². The van der Waals surface area contributed by atoms with Crippen LogP contribution in [0.2, 0.25) is 0 Å². The van der Waals surface area contributed by atoms with Crippen molar-refractivity contribution in [3.63, 3.8) is 0 Å². The maximum atomic E-state index is 13.6. The van der Waals surface area contributed by atoms with Gasteiger partial charge in [0.2, 0.25) is 5.91 Å². The van der Waals surface area contributed by atoms with Gasteiger partial charge in [-0.25, -0.2) is 4.98 Å². The molecule has 1 saturated heterocycles. The van der Waals surface area contributed by atoms with Gasteiger partial charge in [-0.05, 0) is 44.2 Å². The van der Waals surface area contributed by atoms with E-state index in [0.29, 0.717) is 24.8 Å². The van der Waals surface area contributed by atoms with Crippen LogP contribution in [0.1, 0.15) is 42.7 Å². The zero-order valence-corrected chi connectivity index (χ0v) is 21.1. The van der Waals surface area contributed by atoms with Gasteiger partial charge in [0.25, 0.3) is 5.56 Å². The van der Waals surface area contributed by atoms with E-state index in [1.807, 2.05) is 49.1 Å². The third-order valence-electron chi connectivity index (χ3n) is 6.12. The second-order valence-corrected chi connectivity index (χ2v) is 10.4. The van der Waals surface area contributed by atoms with E-state index in [0.717, 1.165) is 52.1 Å². The molecule has 1 unspecified atom stereocenters. The molecule has 0 saturated carbocycles. The standard InChI is InChI=1S/C25H31N3O3S2/c1-4-20-17(3)33-23-22(20)24(30)28(15-19-12-9-13-31-19)25(26-23)32-16-21(29)27(5-2)14-18-10-7-6-8-11-18/h6-8,10-11,19H,4-5,9,12-16H2,1-3H3. The molecule has 1 atom stereocenters. The summed E-state index contributed by atoms with van der Waals surface area (Å²) in [5, 5.41) is 1.34. The molecule has 0 radical (unpaired) electrons. The van der Waals surface area contributed by atoms with Gasteiger partial charge in [-0.3, -0.25) is 14.2 Å². The number of carbonyl (C=O) groups is 1. The molecule has 1 aliphatic rings. The zero-order valence-electron chi connectivity index (χ0n) is 19.5. The summed E-state index contributed by atoms with van der Waals surface area (Å²) in [6.45, 7) is 8.55. The molecule has 1 amide bonds. The molecule has 1 fully saturated rings. The molecule has 3 aromatic rings. The van der Waals surface area contributed by atoms with Crippen molar-refractivity contribution in [2.24, 2.45) is 0 Å². The highest BCUT2D eigenvalue weighted by Gasteiger charge is 2.23. The van der Waals surface area contributed by atoms with Crippen LogP contribution >= 0.6 is 23.1 Å². The molecule has 1 aliphatic heterocycles. The molecule has 3 heterocycles. The highest BCUT2D eigenvalue weighted by Crippen LogP contribution is 2.30. The Hall–Kier alpha value is -2.16. The predicted octanol–water partition coefficient (Wildman–Crippen LogP) is 4.65. The number of benzene rings is 1. The molecular weight excluding hydrogens is 454 g/mol. The number of aromatic nitrogens is 2.